The molecule has 1 aliphatic heterocycles. The number of carboxylic acids is 3. The second-order valence-corrected chi connectivity index (χ2v) is 16.1. The third-order valence-electron chi connectivity index (χ3n) is 9.61. The Bertz CT molecular complexity index is 1670. The summed E-state index contributed by atoms with van der Waals surface area (Å²) < 4.78 is 64.5. The van der Waals surface area contributed by atoms with Crippen molar-refractivity contribution >= 4 is 42.2 Å². The number of carboxylic acid groups (broad SMARTS) is 4. The number of ether oxygens (including phenoxy) is 2. The molecular weight excluding hydrogens is 872 g/mol. The van der Waals surface area contributed by atoms with E-state index in [9.17, 15) is 61.6 Å². The van der Waals surface area contributed by atoms with Crippen molar-refractivity contribution in [3.63, 3.8) is 0 Å². The first-order chi connectivity index (χ1) is 30.4. The van der Waals surface area contributed by atoms with E-state index in [0.717, 1.165) is 0 Å². The third kappa shape index (κ3) is 25.3. The number of unbranched alkanes of at least 4 members (excludes halogenated alkanes) is 1. The topological polar surface area (TPSA) is 256 Å². The minimum absolute atomic E-state index is 0.0111. The molecule has 23 heteroatoms. The lowest BCUT2D eigenvalue weighted by Gasteiger charge is -2.35. The summed E-state index contributed by atoms with van der Waals surface area (Å²) >= 11 is 0. The fraction of sp³-hybridized carbons (Fsp3) is 0.690. The van der Waals surface area contributed by atoms with Crippen molar-refractivity contribution < 1.29 is 81.0 Å². The van der Waals surface area contributed by atoms with Crippen LogP contribution in [0.1, 0.15) is 87.0 Å². The van der Waals surface area contributed by atoms with Gasteiger partial charge in [-0.1, -0.05) is 20.8 Å². The second-order valence-electron chi connectivity index (χ2n) is 16.1. The van der Waals surface area contributed by atoms with Crippen LogP contribution >= 0.6 is 0 Å². The summed E-state index contributed by atoms with van der Waals surface area (Å²) in [4.78, 5) is 88.9. The normalized spacial score (nSPS) is 15.3. The van der Waals surface area contributed by atoms with E-state index >= 15 is 0 Å². The number of hydrogen-bond donors (Lipinski definition) is 6. The van der Waals surface area contributed by atoms with Gasteiger partial charge in [-0.15, -0.1) is 0 Å². The number of nitrogens with zero attached hydrogens (tertiary/aromatic N) is 4. The maximum Gasteiger partial charge on any atom is 0.320 e. The van der Waals surface area contributed by atoms with Crippen molar-refractivity contribution in [1.29, 1.82) is 0 Å². The minimum atomic E-state index is -1.84. The lowest BCUT2D eigenvalue weighted by atomic mass is 10.0. The number of nitrogens with one attached hydrogen (secondary N) is 2. The second kappa shape index (κ2) is 31.0. The van der Waals surface area contributed by atoms with Crippen molar-refractivity contribution in [3.8, 4) is 5.75 Å². The minimum Gasteiger partial charge on any atom is -0.483 e. The first-order valence-corrected chi connectivity index (χ1v) is 21.3. The maximum absolute atomic E-state index is 13.8. The number of likely N-dealkylation sites (N-methyl/N-ethyl adjacent to an activating group) is 1. The Morgan fingerprint density at radius 2 is 1.11 bits per heavy atom. The number of hydrogen-bond acceptors (Lipinski definition) is 13. The van der Waals surface area contributed by atoms with Gasteiger partial charge < -0.3 is 45.4 Å². The Hall–Kier alpha value is -4.97. The van der Waals surface area contributed by atoms with Crippen LogP contribution in [-0.4, -0.2) is 185 Å². The van der Waals surface area contributed by atoms with Gasteiger partial charge in [0.1, 0.15) is 6.04 Å². The third-order valence-corrected chi connectivity index (χ3v) is 9.61. The molecule has 1 saturated heterocycles. The molecule has 0 spiro atoms. The average Bonchev–Trinajstić information content (AvgIpc) is 3.20. The molecule has 0 aromatic heterocycles. The smallest absolute Gasteiger partial charge is 0.320 e. The van der Waals surface area contributed by atoms with E-state index in [1.165, 1.54) is 0 Å². The summed E-state index contributed by atoms with van der Waals surface area (Å²) in [7, 11) is 0. The van der Waals surface area contributed by atoms with Gasteiger partial charge in [0.15, 0.2) is 11.6 Å². The number of esters is 1. The van der Waals surface area contributed by atoms with E-state index in [4.69, 9.17) is 14.6 Å². The lowest BCUT2D eigenvalue weighted by Crippen LogP contribution is -2.52. The highest BCUT2D eigenvalue weighted by Gasteiger charge is 2.30. The predicted molar refractivity (Wildman–Crippen MR) is 228 cm³/mol. The zero-order chi connectivity index (χ0) is 49.9. The molecule has 19 nitrogen and oxygen atoms in total. The Labute approximate surface area is 377 Å². The molecule has 65 heavy (non-hydrogen) atoms. The van der Waals surface area contributed by atoms with Crippen LogP contribution in [0.4, 0.5) is 17.6 Å². The quantitative estimate of drug-likeness (QED) is 0.0244. The Morgan fingerprint density at radius 1 is 0.708 bits per heavy atom. The summed E-state index contributed by atoms with van der Waals surface area (Å²) in [6.07, 6.45) is -0.323. The molecule has 0 radical (unpaired) electrons. The highest BCUT2D eigenvalue weighted by Crippen LogP contribution is 2.27. The molecular formula is C42H68F4N6O13. The van der Waals surface area contributed by atoms with Gasteiger partial charge in [-0.2, -0.15) is 8.78 Å². The molecule has 2 amide bonds. The molecule has 1 fully saturated rings. The first kappa shape index (κ1) is 60.0. The fourth-order valence-corrected chi connectivity index (χ4v) is 6.48. The van der Waals surface area contributed by atoms with Crippen LogP contribution in [0.2, 0.25) is 0 Å². The summed E-state index contributed by atoms with van der Waals surface area (Å²) in [6, 6.07) is -1.06. The monoisotopic (exact) mass is 940 g/mol. The maximum atomic E-state index is 13.8. The SMILES string of the molecule is CC.CCN1CCN(CC(=O)O)CCN(CC(=O)O)CCN(C(CCC(=O)NC(C)(C)COCC(C)(C)NC(=O)CCCCC(=O)Oc2c(F)c(F)cc(F)c2F)C(=O)O)CC1.O=CO. The van der Waals surface area contributed by atoms with Gasteiger partial charge in [0.2, 0.25) is 29.2 Å². The van der Waals surface area contributed by atoms with Crippen molar-refractivity contribution in [2.24, 2.45) is 0 Å². The highest BCUT2D eigenvalue weighted by atomic mass is 19.2. The van der Waals surface area contributed by atoms with Crippen LogP contribution in [0.3, 0.4) is 0 Å². The molecule has 1 heterocycles. The van der Waals surface area contributed by atoms with E-state index in [1.54, 1.807) is 42.4 Å². The molecule has 2 rings (SSSR count). The van der Waals surface area contributed by atoms with Crippen molar-refractivity contribution in [2.75, 3.05) is 85.2 Å². The Balaban J connectivity index is 0.00000784. The number of halogens is 4. The summed E-state index contributed by atoms with van der Waals surface area (Å²) in [6.45, 7) is 15.5. The van der Waals surface area contributed by atoms with Crippen LogP contribution < -0.4 is 15.4 Å². The van der Waals surface area contributed by atoms with E-state index in [2.05, 4.69) is 20.3 Å². The van der Waals surface area contributed by atoms with Crippen LogP contribution in [0.5, 0.6) is 5.75 Å². The zero-order valence-corrected chi connectivity index (χ0v) is 38.4. The van der Waals surface area contributed by atoms with Crippen molar-refractivity contribution in [1.82, 2.24) is 30.2 Å². The van der Waals surface area contributed by atoms with Crippen molar-refractivity contribution in [2.45, 2.75) is 104 Å². The van der Waals surface area contributed by atoms with Gasteiger partial charge in [-0.3, -0.25) is 48.3 Å². The van der Waals surface area contributed by atoms with Crippen molar-refractivity contribution in [3.05, 3.63) is 29.3 Å². The van der Waals surface area contributed by atoms with Crippen LogP contribution in [-0.2, 0) is 38.3 Å². The molecule has 372 valence electrons. The van der Waals surface area contributed by atoms with E-state index in [0.29, 0.717) is 39.3 Å². The van der Waals surface area contributed by atoms with E-state index < -0.39 is 81.8 Å². The number of amides is 2. The molecule has 0 bridgehead atoms. The molecule has 0 saturated carbocycles. The molecule has 0 aliphatic carbocycles. The van der Waals surface area contributed by atoms with Gasteiger partial charge in [0.05, 0.1) is 37.4 Å². The zero-order valence-electron chi connectivity index (χ0n) is 38.4. The first-order valence-electron chi connectivity index (χ1n) is 21.3. The van der Waals surface area contributed by atoms with Crippen LogP contribution in [0.25, 0.3) is 0 Å². The molecule has 6 N–H and O–H groups in total. The lowest BCUT2D eigenvalue weighted by molar-refractivity contribution is -0.144. The number of carbonyl (C=O) groups is 7. The molecule has 1 atom stereocenters. The standard InChI is InChI=1S/C39H60F4N6O11.C2H6.CH2O2/c1-6-46-13-14-47(22-31(52)53)15-16-48(23-32(54)55)18-20-49(19-17-46)28(37(57)58)11-12-30(51)45-39(4,5)25-59-24-38(2,3)44-29(50)9-7-8-10-33(56)60-36-34(42)26(40)21-27(41)35(36)43;1-2;2-1-3/h21,28H,6-20,22-25H2,1-5H3,(H,44,50)(H,45,51)(H,52,53)(H,54,55)(H,57,58);1-2H3;1H,(H,2,3). The Morgan fingerprint density at radius 3 is 1.54 bits per heavy atom. The predicted octanol–water partition coefficient (Wildman–Crippen LogP) is 2.89. The van der Waals surface area contributed by atoms with Gasteiger partial charge in [-0.25, -0.2) is 8.78 Å². The number of rotatable bonds is 22. The van der Waals surface area contributed by atoms with Gasteiger partial charge in [0, 0.05) is 77.7 Å². The molecule has 1 aliphatic rings. The molecule has 1 aromatic rings. The summed E-state index contributed by atoms with van der Waals surface area (Å²) in [5.74, 6) is -13.7. The van der Waals surface area contributed by atoms with Gasteiger partial charge in [-0.05, 0) is 53.5 Å². The fourth-order valence-electron chi connectivity index (χ4n) is 6.48. The number of aliphatic carboxylic acids is 3. The molecule has 1 unspecified atom stereocenters. The van der Waals surface area contributed by atoms with E-state index in [1.807, 2.05) is 20.8 Å². The number of carbonyl (C=O) groups excluding carboxylic acids is 3. The Kier molecular flexibility index (Phi) is 28.7. The van der Waals surface area contributed by atoms with Crippen LogP contribution in [0.15, 0.2) is 6.07 Å². The van der Waals surface area contributed by atoms with Crippen LogP contribution in [0, 0.1) is 23.3 Å². The van der Waals surface area contributed by atoms with E-state index in [-0.39, 0.29) is 97.0 Å². The van der Waals surface area contributed by atoms with Gasteiger partial charge >= 0.3 is 23.9 Å². The highest BCUT2D eigenvalue weighted by molar-refractivity contribution is 5.79. The van der Waals surface area contributed by atoms with Gasteiger partial charge in [0.25, 0.3) is 6.47 Å². The molecule has 1 aromatic carbocycles. The average molecular weight is 941 g/mol. The largest absolute Gasteiger partial charge is 0.483 e. The summed E-state index contributed by atoms with van der Waals surface area (Å²) in [5, 5.41) is 41.7. The summed E-state index contributed by atoms with van der Waals surface area (Å²) in [5.41, 5.74) is -1.76. The number of benzene rings is 1.